The Labute approximate surface area is 96.3 Å². The van der Waals surface area contributed by atoms with Crippen molar-refractivity contribution in [1.82, 2.24) is 4.90 Å². The molecule has 1 saturated heterocycles. The molecule has 0 bridgehead atoms. The quantitative estimate of drug-likeness (QED) is 0.573. The van der Waals surface area contributed by atoms with Gasteiger partial charge in [0.2, 0.25) is 5.91 Å². The second kappa shape index (κ2) is 4.44. The third-order valence-electron chi connectivity index (χ3n) is 3.91. The summed E-state index contributed by atoms with van der Waals surface area (Å²) in [6.07, 6.45) is 2.71. The molecule has 0 spiro atoms. The molecular weight excluding hydrogens is 204 g/mol. The fourth-order valence-electron chi connectivity index (χ4n) is 2.51. The molecule has 3 atom stereocenters. The summed E-state index contributed by atoms with van der Waals surface area (Å²) in [7, 11) is 0. The molecule has 1 aliphatic carbocycles. The van der Waals surface area contributed by atoms with E-state index in [1.54, 1.807) is 0 Å². The van der Waals surface area contributed by atoms with Crippen molar-refractivity contribution in [3.63, 3.8) is 0 Å². The first-order chi connectivity index (χ1) is 7.67. The number of piperidine rings is 1. The normalized spacial score (nSPS) is 36.5. The predicted molar refractivity (Wildman–Crippen MR) is 61.5 cm³/mol. The van der Waals surface area contributed by atoms with Crippen LogP contribution in [0.1, 0.15) is 33.1 Å². The molecule has 1 heterocycles. The summed E-state index contributed by atoms with van der Waals surface area (Å²) in [5.74, 6) is 1.39. The average Bonchev–Trinajstić information content (AvgIpc) is 3.04. The van der Waals surface area contributed by atoms with Crippen molar-refractivity contribution < 1.29 is 10.0 Å². The first-order valence-corrected chi connectivity index (χ1v) is 6.17. The van der Waals surface area contributed by atoms with Crippen LogP contribution < -0.4 is 0 Å². The Balaban J connectivity index is 1.96. The van der Waals surface area contributed by atoms with Gasteiger partial charge in [-0.05, 0) is 18.8 Å². The van der Waals surface area contributed by atoms with Crippen LogP contribution in [0.15, 0.2) is 5.16 Å². The highest BCUT2D eigenvalue weighted by atomic mass is 16.4. The van der Waals surface area contributed by atoms with Gasteiger partial charge in [-0.25, -0.2) is 0 Å². The molecule has 4 nitrogen and oxygen atoms in total. The number of nitrogens with zero attached hydrogens (tertiary/aromatic N) is 2. The second-order valence-corrected chi connectivity index (χ2v) is 5.05. The summed E-state index contributed by atoms with van der Waals surface area (Å²) in [5.41, 5.74) is 0.857. The Hall–Kier alpha value is -1.06. The molecule has 1 amide bonds. The summed E-state index contributed by atoms with van der Waals surface area (Å²) in [4.78, 5) is 14.0. The van der Waals surface area contributed by atoms with E-state index in [-0.39, 0.29) is 11.8 Å². The molecule has 1 aliphatic heterocycles. The van der Waals surface area contributed by atoms with Crippen LogP contribution in [0, 0.1) is 17.8 Å². The van der Waals surface area contributed by atoms with E-state index in [1.165, 1.54) is 0 Å². The number of rotatable bonds is 2. The van der Waals surface area contributed by atoms with E-state index in [2.05, 4.69) is 19.0 Å². The van der Waals surface area contributed by atoms with E-state index < -0.39 is 0 Å². The molecular formula is C12H20N2O2. The molecule has 1 saturated carbocycles. The number of carbonyl (C=O) groups excluding carboxylic acids is 1. The van der Waals surface area contributed by atoms with Crippen molar-refractivity contribution in [2.45, 2.75) is 33.1 Å². The molecule has 4 heteroatoms. The molecule has 0 aromatic heterocycles. The van der Waals surface area contributed by atoms with Gasteiger partial charge in [-0.15, -0.1) is 0 Å². The van der Waals surface area contributed by atoms with Gasteiger partial charge in [0.25, 0.3) is 0 Å². The van der Waals surface area contributed by atoms with Crippen LogP contribution >= 0.6 is 0 Å². The minimum atomic E-state index is 0.247. The van der Waals surface area contributed by atoms with Gasteiger partial charge in [-0.3, -0.25) is 4.79 Å². The first kappa shape index (κ1) is 11.4. The number of amides is 1. The minimum absolute atomic E-state index is 0.247. The van der Waals surface area contributed by atoms with Crippen molar-refractivity contribution in [3.05, 3.63) is 0 Å². The van der Waals surface area contributed by atoms with Crippen molar-refractivity contribution in [3.8, 4) is 0 Å². The average molecular weight is 224 g/mol. The number of carbonyl (C=O) groups is 1. The number of hydrogen-bond acceptors (Lipinski definition) is 3. The number of hydrogen-bond donors (Lipinski definition) is 1. The van der Waals surface area contributed by atoms with Gasteiger partial charge < -0.3 is 10.1 Å². The highest BCUT2D eigenvalue weighted by Gasteiger charge is 2.42. The third kappa shape index (κ3) is 2.06. The number of likely N-dealkylation sites (tertiary alicyclic amines) is 1. The SMILES string of the molecule is CCC1CN(C(=O)C2CC2C)CCC1=NO. The highest BCUT2D eigenvalue weighted by Crippen LogP contribution is 2.39. The van der Waals surface area contributed by atoms with Gasteiger partial charge in [0.1, 0.15) is 0 Å². The Kier molecular flexibility index (Phi) is 3.17. The van der Waals surface area contributed by atoms with Crippen LogP contribution in [-0.4, -0.2) is 34.8 Å². The highest BCUT2D eigenvalue weighted by molar-refractivity contribution is 5.90. The van der Waals surface area contributed by atoms with Crippen molar-refractivity contribution in [2.24, 2.45) is 22.9 Å². The topological polar surface area (TPSA) is 52.9 Å². The van der Waals surface area contributed by atoms with Crippen LogP contribution in [0.3, 0.4) is 0 Å². The van der Waals surface area contributed by atoms with Gasteiger partial charge in [0.05, 0.1) is 5.71 Å². The molecule has 0 aromatic rings. The van der Waals surface area contributed by atoms with Crippen LogP contribution in [0.5, 0.6) is 0 Å². The van der Waals surface area contributed by atoms with Crippen LogP contribution in [0.2, 0.25) is 0 Å². The Morgan fingerprint density at radius 1 is 1.62 bits per heavy atom. The maximum Gasteiger partial charge on any atom is 0.225 e. The van der Waals surface area contributed by atoms with Crippen molar-refractivity contribution in [1.29, 1.82) is 0 Å². The molecule has 16 heavy (non-hydrogen) atoms. The lowest BCUT2D eigenvalue weighted by Gasteiger charge is -2.33. The van der Waals surface area contributed by atoms with E-state index in [0.29, 0.717) is 11.8 Å². The summed E-state index contributed by atoms with van der Waals surface area (Å²) >= 11 is 0. The van der Waals surface area contributed by atoms with E-state index in [4.69, 9.17) is 5.21 Å². The zero-order valence-electron chi connectivity index (χ0n) is 10.0. The molecule has 2 aliphatic rings. The first-order valence-electron chi connectivity index (χ1n) is 6.17. The van der Waals surface area contributed by atoms with Crippen LogP contribution in [0.25, 0.3) is 0 Å². The molecule has 1 N–H and O–H groups in total. The zero-order valence-corrected chi connectivity index (χ0v) is 10.0. The smallest absolute Gasteiger partial charge is 0.225 e. The summed E-state index contributed by atoms with van der Waals surface area (Å²) < 4.78 is 0. The second-order valence-electron chi connectivity index (χ2n) is 5.05. The fourth-order valence-corrected chi connectivity index (χ4v) is 2.51. The van der Waals surface area contributed by atoms with Crippen molar-refractivity contribution >= 4 is 11.6 Å². The lowest BCUT2D eigenvalue weighted by atomic mass is 9.93. The fraction of sp³-hybridized carbons (Fsp3) is 0.833. The number of oxime groups is 1. The summed E-state index contributed by atoms with van der Waals surface area (Å²) in [6, 6.07) is 0. The van der Waals surface area contributed by atoms with E-state index in [9.17, 15) is 4.79 Å². The van der Waals surface area contributed by atoms with Gasteiger partial charge in [0.15, 0.2) is 0 Å². The molecule has 90 valence electrons. The Bertz CT molecular complexity index is 314. The van der Waals surface area contributed by atoms with Crippen LogP contribution in [-0.2, 0) is 4.79 Å². The lowest BCUT2D eigenvalue weighted by molar-refractivity contribution is -0.133. The Morgan fingerprint density at radius 2 is 2.31 bits per heavy atom. The zero-order chi connectivity index (χ0) is 11.7. The maximum atomic E-state index is 12.1. The maximum absolute atomic E-state index is 12.1. The van der Waals surface area contributed by atoms with Gasteiger partial charge in [-0.1, -0.05) is 19.0 Å². The molecule has 0 aromatic carbocycles. The Morgan fingerprint density at radius 3 is 2.81 bits per heavy atom. The monoisotopic (exact) mass is 224 g/mol. The molecule has 3 unspecified atom stereocenters. The van der Waals surface area contributed by atoms with E-state index >= 15 is 0 Å². The molecule has 0 radical (unpaired) electrons. The van der Waals surface area contributed by atoms with Crippen molar-refractivity contribution in [2.75, 3.05) is 13.1 Å². The van der Waals surface area contributed by atoms with E-state index in [0.717, 1.165) is 38.1 Å². The van der Waals surface area contributed by atoms with Gasteiger partial charge in [0, 0.05) is 31.3 Å². The lowest BCUT2D eigenvalue weighted by Crippen LogP contribution is -2.44. The summed E-state index contributed by atoms with van der Waals surface area (Å²) in [6.45, 7) is 5.66. The van der Waals surface area contributed by atoms with Gasteiger partial charge >= 0.3 is 0 Å². The van der Waals surface area contributed by atoms with E-state index in [1.807, 2.05) is 4.90 Å². The molecule has 2 rings (SSSR count). The summed E-state index contributed by atoms with van der Waals surface area (Å²) in [5, 5.41) is 12.2. The minimum Gasteiger partial charge on any atom is -0.411 e. The third-order valence-corrected chi connectivity index (χ3v) is 3.91. The van der Waals surface area contributed by atoms with Crippen LogP contribution in [0.4, 0.5) is 0 Å². The molecule has 2 fully saturated rings. The predicted octanol–water partition coefficient (Wildman–Crippen LogP) is 1.73. The largest absolute Gasteiger partial charge is 0.411 e. The standard InChI is InChI=1S/C12H20N2O2/c1-3-9-7-14(5-4-11(9)13-16)12(15)10-6-8(10)2/h8-10,16H,3-7H2,1-2H3. The van der Waals surface area contributed by atoms with Gasteiger partial charge in [-0.2, -0.15) is 0 Å².